The van der Waals surface area contributed by atoms with E-state index in [9.17, 15) is 9.59 Å². The van der Waals surface area contributed by atoms with Crippen LogP contribution >= 0.6 is 0 Å². The van der Waals surface area contributed by atoms with Crippen molar-refractivity contribution in [2.75, 3.05) is 34.5 Å². The van der Waals surface area contributed by atoms with Gasteiger partial charge in [-0.15, -0.1) is 0 Å². The second-order valence-corrected chi connectivity index (χ2v) is 9.85. The van der Waals surface area contributed by atoms with E-state index in [1.165, 1.54) is 20.0 Å². The Morgan fingerprint density at radius 2 is 1.71 bits per heavy atom. The molecule has 1 atom stereocenters. The van der Waals surface area contributed by atoms with Gasteiger partial charge < -0.3 is 29.0 Å². The second-order valence-electron chi connectivity index (χ2n) is 9.85. The van der Waals surface area contributed by atoms with Crippen molar-refractivity contribution < 1.29 is 33.3 Å². The van der Waals surface area contributed by atoms with Crippen molar-refractivity contribution in [1.82, 2.24) is 5.32 Å². The van der Waals surface area contributed by atoms with E-state index < -0.39 is 6.10 Å². The number of carbonyl (C=O) groups excluding carboxylic acids is 2. The fourth-order valence-electron chi connectivity index (χ4n) is 4.93. The molecule has 8 nitrogen and oxygen atoms in total. The summed E-state index contributed by atoms with van der Waals surface area (Å²) in [6.07, 6.45) is 6.41. The number of hydrogen-bond donors (Lipinski definition) is 1. The lowest BCUT2D eigenvalue weighted by molar-refractivity contribution is -0.149. The third kappa shape index (κ3) is 6.34. The first kappa shape index (κ1) is 27.6. The van der Waals surface area contributed by atoms with Gasteiger partial charge in [0.2, 0.25) is 0 Å². The molecule has 1 amide bonds. The van der Waals surface area contributed by atoms with Gasteiger partial charge in [-0.2, -0.15) is 0 Å². The van der Waals surface area contributed by atoms with Crippen LogP contribution in [0.25, 0.3) is 0 Å². The molecule has 1 saturated carbocycles. The number of methoxy groups -OCH3 is 2. The van der Waals surface area contributed by atoms with Gasteiger partial charge in [0, 0.05) is 24.6 Å². The van der Waals surface area contributed by atoms with Gasteiger partial charge in [0.25, 0.3) is 5.91 Å². The van der Waals surface area contributed by atoms with Crippen molar-refractivity contribution in [3.63, 3.8) is 0 Å². The molecule has 1 aliphatic carbocycles. The number of aryl methyl sites for hydroxylation is 1. The maximum Gasteiger partial charge on any atom is 0.347 e. The molecular formula is C30H39NO7. The van der Waals surface area contributed by atoms with E-state index in [2.05, 4.69) is 12.2 Å². The van der Waals surface area contributed by atoms with Gasteiger partial charge in [-0.1, -0.05) is 19.4 Å². The van der Waals surface area contributed by atoms with Crippen LogP contribution in [-0.2, 0) is 28.8 Å². The van der Waals surface area contributed by atoms with Crippen molar-refractivity contribution >= 4 is 11.9 Å². The van der Waals surface area contributed by atoms with E-state index in [4.69, 9.17) is 23.7 Å². The highest BCUT2D eigenvalue weighted by Crippen LogP contribution is 2.41. The smallest absolute Gasteiger partial charge is 0.347 e. The molecule has 0 spiro atoms. The summed E-state index contributed by atoms with van der Waals surface area (Å²) in [7, 11) is 4.60. The zero-order chi connectivity index (χ0) is 27.1. The van der Waals surface area contributed by atoms with Crippen LogP contribution in [0.1, 0.15) is 66.1 Å². The molecule has 1 heterocycles. The van der Waals surface area contributed by atoms with Crippen molar-refractivity contribution in [3.05, 3.63) is 46.5 Å². The van der Waals surface area contributed by atoms with E-state index in [0.717, 1.165) is 59.6 Å². The van der Waals surface area contributed by atoms with Crippen LogP contribution < -0.4 is 24.3 Å². The Labute approximate surface area is 224 Å². The van der Waals surface area contributed by atoms with Gasteiger partial charge in [-0.25, -0.2) is 4.79 Å². The molecule has 0 saturated heterocycles. The first-order valence-electron chi connectivity index (χ1n) is 13.6. The van der Waals surface area contributed by atoms with Gasteiger partial charge in [-0.05, 0) is 68.2 Å². The van der Waals surface area contributed by atoms with Crippen LogP contribution in [0.5, 0.6) is 23.0 Å². The molecule has 0 bridgehead atoms. The number of hydrogen-bond acceptors (Lipinski definition) is 7. The highest BCUT2D eigenvalue weighted by atomic mass is 16.6. The molecule has 1 fully saturated rings. The Kier molecular flexibility index (Phi) is 9.37. The summed E-state index contributed by atoms with van der Waals surface area (Å²) in [5.74, 6) is 2.97. The lowest BCUT2D eigenvalue weighted by Gasteiger charge is -2.27. The number of benzene rings is 2. The Balaban J connectivity index is 1.40. The fraction of sp³-hybridized carbons (Fsp3) is 0.533. The molecule has 8 heteroatoms. The predicted molar refractivity (Wildman–Crippen MR) is 144 cm³/mol. The SMILES string of the molecule is CCCc1c(OCCCOc2ccc(C(=O)NC)c(OC)c2CC2CC2)ccc2c1OC(C(=O)OC)CC2. The van der Waals surface area contributed by atoms with Crippen LogP contribution in [0.4, 0.5) is 0 Å². The molecule has 1 aliphatic heterocycles. The molecule has 0 radical (unpaired) electrons. The third-order valence-corrected chi connectivity index (χ3v) is 7.09. The van der Waals surface area contributed by atoms with Crippen molar-refractivity contribution in [2.45, 2.75) is 64.4 Å². The van der Waals surface area contributed by atoms with Gasteiger partial charge >= 0.3 is 5.97 Å². The first-order valence-corrected chi connectivity index (χ1v) is 13.6. The Bertz CT molecular complexity index is 1140. The van der Waals surface area contributed by atoms with E-state index >= 15 is 0 Å². The highest BCUT2D eigenvalue weighted by Gasteiger charge is 2.30. The minimum atomic E-state index is -0.580. The quantitative estimate of drug-likeness (QED) is 0.300. The molecule has 206 valence electrons. The number of ether oxygens (including phenoxy) is 5. The van der Waals surface area contributed by atoms with Crippen molar-refractivity contribution in [2.24, 2.45) is 5.92 Å². The highest BCUT2D eigenvalue weighted by molar-refractivity contribution is 5.97. The van der Waals surface area contributed by atoms with Crippen LogP contribution in [-0.4, -0.2) is 52.5 Å². The number of amides is 1. The molecule has 38 heavy (non-hydrogen) atoms. The summed E-state index contributed by atoms with van der Waals surface area (Å²) in [6.45, 7) is 3.05. The summed E-state index contributed by atoms with van der Waals surface area (Å²) < 4.78 is 29.0. The standard InChI is InChI=1S/C30H39NO7/c1-5-7-21-24(13-10-20-11-14-26(30(33)35-4)38-27(20)21)36-16-6-17-37-25-15-12-22(29(32)31-2)28(34-3)23(25)18-19-8-9-19/h10,12-13,15,19,26H,5-9,11,14,16-18H2,1-4H3,(H,31,32). The lowest BCUT2D eigenvalue weighted by Crippen LogP contribution is -2.32. The average molecular weight is 526 g/mol. The van der Waals surface area contributed by atoms with Gasteiger partial charge in [0.15, 0.2) is 6.10 Å². The van der Waals surface area contributed by atoms with Crippen LogP contribution in [0.3, 0.4) is 0 Å². The zero-order valence-electron chi connectivity index (χ0n) is 22.9. The molecule has 1 unspecified atom stereocenters. The molecule has 1 N–H and O–H groups in total. The van der Waals surface area contributed by atoms with Crippen LogP contribution in [0.15, 0.2) is 24.3 Å². The Morgan fingerprint density at radius 3 is 2.34 bits per heavy atom. The number of fused-ring (bicyclic) bond motifs is 1. The summed E-state index contributed by atoms with van der Waals surface area (Å²) in [4.78, 5) is 24.4. The Morgan fingerprint density at radius 1 is 1.00 bits per heavy atom. The molecule has 0 aromatic heterocycles. The largest absolute Gasteiger partial charge is 0.495 e. The van der Waals surface area contributed by atoms with E-state index in [-0.39, 0.29) is 11.9 Å². The van der Waals surface area contributed by atoms with Gasteiger partial charge in [0.1, 0.15) is 23.0 Å². The summed E-state index contributed by atoms with van der Waals surface area (Å²) in [5, 5.41) is 2.68. The number of nitrogens with one attached hydrogen (secondary N) is 1. The number of carbonyl (C=O) groups is 2. The average Bonchev–Trinajstić information content (AvgIpc) is 3.77. The van der Waals surface area contributed by atoms with Crippen LogP contribution in [0, 0.1) is 5.92 Å². The summed E-state index contributed by atoms with van der Waals surface area (Å²) in [6, 6.07) is 7.65. The normalized spacial score (nSPS) is 16.2. The lowest BCUT2D eigenvalue weighted by atomic mass is 9.96. The maximum atomic E-state index is 12.3. The summed E-state index contributed by atoms with van der Waals surface area (Å²) >= 11 is 0. The topological polar surface area (TPSA) is 92.3 Å². The van der Waals surface area contributed by atoms with Crippen LogP contribution in [0.2, 0.25) is 0 Å². The van der Waals surface area contributed by atoms with Gasteiger partial charge in [-0.3, -0.25) is 4.79 Å². The predicted octanol–water partition coefficient (Wildman–Crippen LogP) is 4.67. The van der Waals surface area contributed by atoms with E-state index in [1.807, 2.05) is 18.2 Å². The molecule has 4 rings (SSSR count). The number of rotatable bonds is 13. The van der Waals surface area contributed by atoms with Gasteiger partial charge in [0.05, 0.1) is 33.0 Å². The molecule has 2 aromatic carbocycles. The second kappa shape index (κ2) is 12.9. The fourth-order valence-corrected chi connectivity index (χ4v) is 4.93. The molecular weight excluding hydrogens is 486 g/mol. The van der Waals surface area contributed by atoms with E-state index in [0.29, 0.717) is 43.3 Å². The zero-order valence-corrected chi connectivity index (χ0v) is 22.9. The third-order valence-electron chi connectivity index (χ3n) is 7.09. The molecule has 2 aromatic rings. The maximum absolute atomic E-state index is 12.3. The van der Waals surface area contributed by atoms with Crippen molar-refractivity contribution in [1.29, 1.82) is 0 Å². The van der Waals surface area contributed by atoms with Crippen molar-refractivity contribution in [3.8, 4) is 23.0 Å². The summed E-state index contributed by atoms with van der Waals surface area (Å²) in [5.41, 5.74) is 3.57. The Hall–Kier alpha value is -3.42. The van der Waals surface area contributed by atoms with E-state index in [1.54, 1.807) is 20.2 Å². The number of esters is 1. The molecule has 2 aliphatic rings. The minimum absolute atomic E-state index is 0.173. The monoisotopic (exact) mass is 525 g/mol. The first-order chi connectivity index (χ1) is 18.5. The minimum Gasteiger partial charge on any atom is -0.495 e.